The van der Waals surface area contributed by atoms with E-state index in [4.69, 9.17) is 21.9 Å². The number of aryl methyl sites for hydroxylation is 1. The molecular weight excluding hydrogens is 338 g/mol. The van der Waals surface area contributed by atoms with Crippen LogP contribution in [0.4, 0.5) is 11.5 Å². The molecule has 1 aliphatic rings. The van der Waals surface area contributed by atoms with E-state index >= 15 is 0 Å². The highest BCUT2D eigenvalue weighted by Crippen LogP contribution is 2.37. The number of benzene rings is 1. The molecule has 1 aromatic carbocycles. The van der Waals surface area contributed by atoms with Crippen molar-refractivity contribution in [2.75, 3.05) is 11.5 Å². The molecule has 4 aromatic rings. The average Bonchev–Trinajstić information content (AvgIpc) is 3.07. The van der Waals surface area contributed by atoms with Crippen LogP contribution in [0.2, 0.25) is 0 Å². The summed E-state index contributed by atoms with van der Waals surface area (Å²) in [6.45, 7) is 0. The summed E-state index contributed by atoms with van der Waals surface area (Å²) >= 11 is 0. The fourth-order valence-electron chi connectivity index (χ4n) is 4.07. The highest BCUT2D eigenvalue weighted by molar-refractivity contribution is 6.05. The maximum absolute atomic E-state index is 7.83. The second kappa shape index (κ2) is 5.77. The SMILES string of the molecule is N=Cc1c(N)ccc2nc(-c3cnc4ncc(N)n4c3)c3c(c12)CCCC3. The number of hydrogen-bond donors (Lipinski definition) is 3. The summed E-state index contributed by atoms with van der Waals surface area (Å²) in [6, 6.07) is 3.76. The predicted molar refractivity (Wildman–Crippen MR) is 107 cm³/mol. The minimum Gasteiger partial charge on any atom is -0.398 e. The van der Waals surface area contributed by atoms with Crippen molar-refractivity contribution < 1.29 is 0 Å². The number of rotatable bonds is 2. The number of hydrogen-bond acceptors (Lipinski definition) is 6. The van der Waals surface area contributed by atoms with E-state index in [2.05, 4.69) is 9.97 Å². The lowest BCUT2D eigenvalue weighted by Gasteiger charge is -2.22. The third-order valence-electron chi connectivity index (χ3n) is 5.36. The first kappa shape index (κ1) is 15.7. The molecule has 0 unspecified atom stereocenters. The lowest BCUT2D eigenvalue weighted by molar-refractivity contribution is 0.689. The molecule has 0 amide bonds. The summed E-state index contributed by atoms with van der Waals surface area (Å²) in [7, 11) is 0. The van der Waals surface area contributed by atoms with E-state index < -0.39 is 0 Å². The fourth-order valence-corrected chi connectivity index (χ4v) is 4.07. The Morgan fingerprint density at radius 2 is 1.81 bits per heavy atom. The van der Waals surface area contributed by atoms with Gasteiger partial charge >= 0.3 is 0 Å². The first-order chi connectivity index (χ1) is 13.2. The molecule has 0 atom stereocenters. The van der Waals surface area contributed by atoms with Crippen molar-refractivity contribution in [2.24, 2.45) is 0 Å². The van der Waals surface area contributed by atoms with Gasteiger partial charge in [-0.1, -0.05) is 0 Å². The molecule has 0 saturated heterocycles. The van der Waals surface area contributed by atoms with Crippen molar-refractivity contribution in [3.8, 4) is 11.3 Å². The fraction of sp³-hybridized carbons (Fsp3) is 0.200. The zero-order chi connectivity index (χ0) is 18.5. The normalized spacial score (nSPS) is 13.8. The highest BCUT2D eigenvalue weighted by atomic mass is 15.1. The number of anilines is 2. The average molecular weight is 357 g/mol. The van der Waals surface area contributed by atoms with E-state index in [0.29, 0.717) is 17.3 Å². The van der Waals surface area contributed by atoms with Gasteiger partial charge in [0.15, 0.2) is 0 Å². The molecule has 27 heavy (non-hydrogen) atoms. The lowest BCUT2D eigenvalue weighted by atomic mass is 9.85. The Morgan fingerprint density at radius 1 is 1.04 bits per heavy atom. The molecular formula is C20H19N7. The quantitative estimate of drug-likeness (QED) is 0.376. The van der Waals surface area contributed by atoms with Gasteiger partial charge in [-0.2, -0.15) is 0 Å². The van der Waals surface area contributed by atoms with Crippen molar-refractivity contribution >= 4 is 34.4 Å². The number of nitrogens with zero attached hydrogens (tertiary/aromatic N) is 4. The van der Waals surface area contributed by atoms with Crippen LogP contribution in [0.1, 0.15) is 29.5 Å². The van der Waals surface area contributed by atoms with Crippen molar-refractivity contribution in [3.05, 3.63) is 47.4 Å². The molecule has 1 aliphatic carbocycles. The number of aromatic nitrogens is 4. The Balaban J connectivity index is 1.85. The lowest BCUT2D eigenvalue weighted by Crippen LogP contribution is -2.10. The highest BCUT2D eigenvalue weighted by Gasteiger charge is 2.22. The van der Waals surface area contributed by atoms with E-state index in [9.17, 15) is 0 Å². The van der Waals surface area contributed by atoms with Crippen LogP contribution in [0.5, 0.6) is 0 Å². The van der Waals surface area contributed by atoms with E-state index in [1.165, 1.54) is 17.3 Å². The van der Waals surface area contributed by atoms with Crippen LogP contribution in [0, 0.1) is 5.41 Å². The molecule has 3 aromatic heterocycles. The first-order valence-electron chi connectivity index (χ1n) is 9.00. The van der Waals surface area contributed by atoms with Gasteiger partial charge in [0.1, 0.15) is 5.82 Å². The molecule has 0 radical (unpaired) electrons. The van der Waals surface area contributed by atoms with Crippen LogP contribution in [-0.2, 0) is 12.8 Å². The molecule has 134 valence electrons. The van der Waals surface area contributed by atoms with Gasteiger partial charge in [0.05, 0.1) is 17.4 Å². The Kier molecular flexibility index (Phi) is 3.36. The predicted octanol–water partition coefficient (Wildman–Crippen LogP) is 2.99. The number of imidazole rings is 1. The van der Waals surface area contributed by atoms with Gasteiger partial charge in [-0.3, -0.25) is 4.40 Å². The maximum Gasteiger partial charge on any atom is 0.235 e. The number of nitrogen functional groups attached to an aromatic ring is 2. The van der Waals surface area contributed by atoms with Gasteiger partial charge in [0, 0.05) is 40.8 Å². The molecule has 5 N–H and O–H groups in total. The van der Waals surface area contributed by atoms with E-state index in [1.807, 2.05) is 18.3 Å². The van der Waals surface area contributed by atoms with Crippen molar-refractivity contribution in [2.45, 2.75) is 25.7 Å². The number of nitrogens with two attached hydrogens (primary N) is 2. The van der Waals surface area contributed by atoms with Crippen LogP contribution >= 0.6 is 0 Å². The monoisotopic (exact) mass is 357 g/mol. The third kappa shape index (κ3) is 2.28. The van der Waals surface area contributed by atoms with Crippen LogP contribution in [-0.4, -0.2) is 25.6 Å². The maximum atomic E-state index is 7.83. The summed E-state index contributed by atoms with van der Waals surface area (Å²) in [5, 5.41) is 8.84. The van der Waals surface area contributed by atoms with E-state index in [1.54, 1.807) is 16.8 Å². The second-order valence-corrected chi connectivity index (χ2v) is 6.93. The zero-order valence-electron chi connectivity index (χ0n) is 14.7. The molecule has 0 fully saturated rings. The molecule has 0 bridgehead atoms. The van der Waals surface area contributed by atoms with Gasteiger partial charge < -0.3 is 16.9 Å². The minimum atomic E-state index is 0.549. The van der Waals surface area contributed by atoms with Gasteiger partial charge in [0.25, 0.3) is 0 Å². The molecule has 3 heterocycles. The van der Waals surface area contributed by atoms with Crippen molar-refractivity contribution in [1.29, 1.82) is 5.41 Å². The molecule has 0 spiro atoms. The minimum absolute atomic E-state index is 0.549. The molecule has 5 rings (SSSR count). The smallest absolute Gasteiger partial charge is 0.235 e. The molecule has 0 saturated carbocycles. The van der Waals surface area contributed by atoms with Crippen LogP contribution < -0.4 is 11.5 Å². The van der Waals surface area contributed by atoms with Crippen LogP contribution in [0.3, 0.4) is 0 Å². The number of pyridine rings is 1. The van der Waals surface area contributed by atoms with Gasteiger partial charge in [-0.05, 0) is 48.9 Å². The largest absolute Gasteiger partial charge is 0.398 e. The first-order valence-corrected chi connectivity index (χ1v) is 9.00. The summed E-state index contributed by atoms with van der Waals surface area (Å²) in [5.41, 5.74) is 18.7. The van der Waals surface area contributed by atoms with Crippen LogP contribution in [0.25, 0.3) is 27.9 Å². The topological polar surface area (TPSA) is 119 Å². The van der Waals surface area contributed by atoms with Crippen molar-refractivity contribution in [3.63, 3.8) is 0 Å². The van der Waals surface area contributed by atoms with Gasteiger partial charge in [-0.15, -0.1) is 0 Å². The summed E-state index contributed by atoms with van der Waals surface area (Å²) in [5.74, 6) is 1.12. The Bertz CT molecular complexity index is 1220. The third-order valence-corrected chi connectivity index (χ3v) is 5.36. The summed E-state index contributed by atoms with van der Waals surface area (Å²) < 4.78 is 1.78. The Hall–Kier alpha value is -3.48. The summed E-state index contributed by atoms with van der Waals surface area (Å²) in [4.78, 5) is 13.6. The van der Waals surface area contributed by atoms with E-state index in [0.717, 1.165) is 53.4 Å². The number of nitrogens with one attached hydrogen (secondary N) is 1. The van der Waals surface area contributed by atoms with Gasteiger partial charge in [-0.25, -0.2) is 15.0 Å². The van der Waals surface area contributed by atoms with Crippen LogP contribution in [0.15, 0.2) is 30.7 Å². The van der Waals surface area contributed by atoms with E-state index in [-0.39, 0.29) is 0 Å². The molecule has 7 nitrogen and oxygen atoms in total. The molecule has 7 heteroatoms. The molecule has 0 aliphatic heterocycles. The Labute approximate surface area is 155 Å². The van der Waals surface area contributed by atoms with Gasteiger partial charge in [0.2, 0.25) is 5.78 Å². The second-order valence-electron chi connectivity index (χ2n) is 6.93. The van der Waals surface area contributed by atoms with Crippen molar-refractivity contribution in [1.82, 2.24) is 19.4 Å². The Morgan fingerprint density at radius 3 is 2.63 bits per heavy atom. The summed E-state index contributed by atoms with van der Waals surface area (Å²) in [6.07, 6.45) is 10.9. The zero-order valence-corrected chi connectivity index (χ0v) is 14.7. The number of fused-ring (bicyclic) bond motifs is 4. The standard InChI is InChI=1S/C20H19N7/c21-7-14-15(22)5-6-16-18(14)12-3-1-2-4-13(12)19(26-16)11-8-24-20-25-9-17(23)27(20)10-11/h5-10,21H,1-4,22-23H2.